The molecule has 13 heavy (non-hydrogen) atoms. The average Bonchev–Trinajstić information content (AvgIpc) is 2.56. The first kappa shape index (κ1) is 8.26. The molecule has 0 atom stereocenters. The highest BCUT2D eigenvalue weighted by Gasteiger charge is 2.06. The van der Waals surface area contributed by atoms with Crippen LogP contribution in [0, 0.1) is 6.92 Å². The van der Waals surface area contributed by atoms with Crippen molar-refractivity contribution >= 4 is 11.6 Å². The summed E-state index contributed by atoms with van der Waals surface area (Å²) in [6.07, 6.45) is 1.31. The van der Waals surface area contributed by atoms with Gasteiger partial charge in [-0.05, 0) is 30.7 Å². The van der Waals surface area contributed by atoms with E-state index in [0.29, 0.717) is 10.9 Å². The third kappa shape index (κ3) is 1.55. The van der Waals surface area contributed by atoms with E-state index in [1.165, 1.54) is 6.39 Å². The normalized spacial score (nSPS) is 10.3. The van der Waals surface area contributed by atoms with Gasteiger partial charge >= 0.3 is 0 Å². The number of benzene rings is 1. The van der Waals surface area contributed by atoms with E-state index in [-0.39, 0.29) is 0 Å². The Morgan fingerprint density at radius 1 is 1.38 bits per heavy atom. The van der Waals surface area contributed by atoms with Gasteiger partial charge in [-0.25, -0.2) is 0 Å². The standard InChI is InChI=1S/C9H7ClN2O/c1-6-4-7(10)2-3-8(6)9-12-11-5-13-9/h2-5H,1H3. The number of aryl methyl sites for hydroxylation is 1. The molecule has 4 heteroatoms. The summed E-state index contributed by atoms with van der Waals surface area (Å²) in [7, 11) is 0. The summed E-state index contributed by atoms with van der Waals surface area (Å²) in [5.41, 5.74) is 1.94. The van der Waals surface area contributed by atoms with Gasteiger partial charge in [0.1, 0.15) is 0 Å². The molecule has 0 unspecified atom stereocenters. The van der Waals surface area contributed by atoms with Crippen molar-refractivity contribution in [3.05, 3.63) is 35.2 Å². The van der Waals surface area contributed by atoms with Gasteiger partial charge in [0.2, 0.25) is 12.3 Å². The Hall–Kier alpha value is -1.35. The van der Waals surface area contributed by atoms with E-state index in [0.717, 1.165) is 11.1 Å². The SMILES string of the molecule is Cc1cc(Cl)ccc1-c1nnco1. The van der Waals surface area contributed by atoms with Gasteiger partial charge in [-0.15, -0.1) is 10.2 Å². The Labute approximate surface area is 80.4 Å². The largest absolute Gasteiger partial charge is 0.423 e. The Balaban J connectivity index is 2.53. The van der Waals surface area contributed by atoms with Gasteiger partial charge in [-0.2, -0.15) is 0 Å². The first-order valence-electron chi connectivity index (χ1n) is 3.80. The van der Waals surface area contributed by atoms with E-state index < -0.39 is 0 Å². The van der Waals surface area contributed by atoms with Crippen molar-refractivity contribution in [3.8, 4) is 11.5 Å². The van der Waals surface area contributed by atoms with Gasteiger partial charge in [0, 0.05) is 10.6 Å². The molecular weight excluding hydrogens is 188 g/mol. The molecule has 0 aliphatic rings. The van der Waals surface area contributed by atoms with Crippen molar-refractivity contribution < 1.29 is 4.42 Å². The quantitative estimate of drug-likeness (QED) is 0.701. The van der Waals surface area contributed by atoms with Crippen molar-refractivity contribution in [1.82, 2.24) is 10.2 Å². The maximum atomic E-state index is 5.81. The highest BCUT2D eigenvalue weighted by Crippen LogP contribution is 2.23. The van der Waals surface area contributed by atoms with Crippen LogP contribution in [-0.2, 0) is 0 Å². The summed E-state index contributed by atoms with van der Waals surface area (Å²) in [5.74, 6) is 0.522. The van der Waals surface area contributed by atoms with Crippen molar-refractivity contribution in [1.29, 1.82) is 0 Å². The van der Waals surface area contributed by atoms with Crippen molar-refractivity contribution in [2.75, 3.05) is 0 Å². The maximum Gasteiger partial charge on any atom is 0.247 e. The highest BCUT2D eigenvalue weighted by molar-refractivity contribution is 6.30. The molecule has 3 nitrogen and oxygen atoms in total. The van der Waals surface area contributed by atoms with Crippen LogP contribution in [0.15, 0.2) is 29.0 Å². The first-order chi connectivity index (χ1) is 6.27. The summed E-state index contributed by atoms with van der Waals surface area (Å²) >= 11 is 5.81. The van der Waals surface area contributed by atoms with E-state index in [1.54, 1.807) is 6.07 Å². The van der Waals surface area contributed by atoms with Gasteiger partial charge in [-0.1, -0.05) is 11.6 Å². The zero-order valence-electron chi connectivity index (χ0n) is 6.99. The molecule has 0 spiro atoms. The molecule has 0 aliphatic carbocycles. The lowest BCUT2D eigenvalue weighted by atomic mass is 10.1. The molecule has 0 amide bonds. The fourth-order valence-corrected chi connectivity index (χ4v) is 1.38. The van der Waals surface area contributed by atoms with Gasteiger partial charge in [0.05, 0.1) is 0 Å². The lowest BCUT2D eigenvalue weighted by Gasteiger charge is -1.99. The van der Waals surface area contributed by atoms with Crippen LogP contribution in [0.5, 0.6) is 0 Å². The smallest absolute Gasteiger partial charge is 0.247 e. The molecule has 0 fully saturated rings. The number of hydrogen-bond acceptors (Lipinski definition) is 3. The molecule has 0 N–H and O–H groups in total. The molecular formula is C9H7ClN2O. The molecule has 1 heterocycles. The summed E-state index contributed by atoms with van der Waals surface area (Å²) in [6, 6.07) is 5.53. The number of halogens is 1. The van der Waals surface area contributed by atoms with Gasteiger partial charge in [-0.3, -0.25) is 0 Å². The molecule has 2 aromatic rings. The van der Waals surface area contributed by atoms with Crippen LogP contribution in [-0.4, -0.2) is 10.2 Å². The number of aromatic nitrogens is 2. The Morgan fingerprint density at radius 3 is 2.85 bits per heavy atom. The molecule has 0 saturated heterocycles. The van der Waals surface area contributed by atoms with E-state index >= 15 is 0 Å². The van der Waals surface area contributed by atoms with E-state index in [1.807, 2.05) is 19.1 Å². The predicted molar refractivity (Wildman–Crippen MR) is 49.5 cm³/mol. The number of rotatable bonds is 1. The van der Waals surface area contributed by atoms with Crippen LogP contribution in [0.25, 0.3) is 11.5 Å². The third-order valence-corrected chi connectivity index (χ3v) is 2.01. The Bertz CT molecular complexity index is 412. The fraction of sp³-hybridized carbons (Fsp3) is 0.111. The van der Waals surface area contributed by atoms with Crippen molar-refractivity contribution in [3.63, 3.8) is 0 Å². The first-order valence-corrected chi connectivity index (χ1v) is 4.18. The zero-order chi connectivity index (χ0) is 9.26. The van der Waals surface area contributed by atoms with Crippen molar-refractivity contribution in [2.24, 2.45) is 0 Å². The lowest BCUT2D eigenvalue weighted by Crippen LogP contribution is -1.83. The minimum atomic E-state index is 0.522. The van der Waals surface area contributed by atoms with Crippen LogP contribution in [0.2, 0.25) is 5.02 Å². The molecule has 66 valence electrons. The molecule has 1 aromatic heterocycles. The molecule has 0 saturated carbocycles. The van der Waals surface area contributed by atoms with Gasteiger partial charge in [0.15, 0.2) is 0 Å². The third-order valence-electron chi connectivity index (χ3n) is 1.78. The summed E-state index contributed by atoms with van der Waals surface area (Å²) < 4.78 is 5.07. The number of nitrogens with zero attached hydrogens (tertiary/aromatic N) is 2. The predicted octanol–water partition coefficient (Wildman–Crippen LogP) is 2.70. The monoisotopic (exact) mass is 194 g/mol. The molecule has 1 aromatic carbocycles. The molecule has 0 bridgehead atoms. The minimum absolute atomic E-state index is 0.522. The summed E-state index contributed by atoms with van der Waals surface area (Å²) in [5, 5.41) is 8.14. The average molecular weight is 195 g/mol. The van der Waals surface area contributed by atoms with Gasteiger partial charge in [0.25, 0.3) is 0 Å². The second kappa shape index (κ2) is 3.18. The van der Waals surface area contributed by atoms with Crippen LogP contribution in [0.4, 0.5) is 0 Å². The van der Waals surface area contributed by atoms with E-state index in [2.05, 4.69) is 10.2 Å². The summed E-state index contributed by atoms with van der Waals surface area (Å²) in [6.45, 7) is 1.95. The van der Waals surface area contributed by atoms with E-state index in [9.17, 15) is 0 Å². The molecule has 0 aliphatic heterocycles. The van der Waals surface area contributed by atoms with Crippen LogP contribution < -0.4 is 0 Å². The summed E-state index contributed by atoms with van der Waals surface area (Å²) in [4.78, 5) is 0. The second-order valence-electron chi connectivity index (χ2n) is 2.70. The lowest BCUT2D eigenvalue weighted by molar-refractivity contribution is 0.568. The topological polar surface area (TPSA) is 38.9 Å². The highest BCUT2D eigenvalue weighted by atomic mass is 35.5. The maximum absolute atomic E-state index is 5.81. The molecule has 2 rings (SSSR count). The van der Waals surface area contributed by atoms with Crippen LogP contribution in [0.1, 0.15) is 5.56 Å². The Kier molecular flexibility index (Phi) is 2.02. The molecule has 0 radical (unpaired) electrons. The minimum Gasteiger partial charge on any atom is -0.423 e. The Morgan fingerprint density at radius 2 is 2.23 bits per heavy atom. The zero-order valence-corrected chi connectivity index (χ0v) is 7.75. The van der Waals surface area contributed by atoms with Gasteiger partial charge < -0.3 is 4.42 Å². The number of hydrogen-bond donors (Lipinski definition) is 0. The van der Waals surface area contributed by atoms with Crippen molar-refractivity contribution in [2.45, 2.75) is 6.92 Å². The second-order valence-corrected chi connectivity index (χ2v) is 3.14. The van der Waals surface area contributed by atoms with Crippen LogP contribution >= 0.6 is 11.6 Å². The fourth-order valence-electron chi connectivity index (χ4n) is 1.16. The van der Waals surface area contributed by atoms with Crippen LogP contribution in [0.3, 0.4) is 0 Å². The van der Waals surface area contributed by atoms with E-state index in [4.69, 9.17) is 16.0 Å².